The maximum Gasteiger partial charge on any atom is 0.262 e. The molecule has 0 aliphatic rings. The zero-order chi connectivity index (χ0) is 18.7. The van der Waals surface area contributed by atoms with Gasteiger partial charge < -0.3 is 10.1 Å². The zero-order valence-electron chi connectivity index (χ0n) is 15.0. The van der Waals surface area contributed by atoms with Gasteiger partial charge in [-0.1, -0.05) is 30.3 Å². The Morgan fingerprint density at radius 3 is 2.77 bits per heavy atom. The minimum atomic E-state index is -0.242. The van der Waals surface area contributed by atoms with E-state index in [2.05, 4.69) is 10.3 Å². The lowest BCUT2D eigenvalue weighted by Gasteiger charge is -2.13. The van der Waals surface area contributed by atoms with Gasteiger partial charge in [-0.3, -0.25) is 14.2 Å². The predicted octanol–water partition coefficient (Wildman–Crippen LogP) is 2.58. The van der Waals surface area contributed by atoms with E-state index in [4.69, 9.17) is 4.74 Å². The number of hydrogen-bond donors (Lipinski definition) is 1. The third kappa shape index (κ3) is 3.68. The molecule has 3 aromatic rings. The molecule has 0 saturated carbocycles. The molecule has 6 nitrogen and oxygen atoms in total. The van der Waals surface area contributed by atoms with E-state index in [1.165, 1.54) is 22.2 Å². The first-order valence-electron chi connectivity index (χ1n) is 8.33. The average Bonchev–Trinajstić information content (AvgIpc) is 2.96. The SMILES string of the molecule is COC[C@@H](C)NC(=O)Cn1cnc2sc(-c3ccccc3)c(C)c2c1=O. The molecule has 3 rings (SSSR count). The summed E-state index contributed by atoms with van der Waals surface area (Å²) in [5.41, 5.74) is 1.77. The average molecular weight is 371 g/mol. The van der Waals surface area contributed by atoms with Gasteiger partial charge in [0.1, 0.15) is 11.4 Å². The summed E-state index contributed by atoms with van der Waals surface area (Å²) in [7, 11) is 1.58. The summed E-state index contributed by atoms with van der Waals surface area (Å²) in [6.45, 7) is 4.13. The Kier molecular flexibility index (Phi) is 5.49. The van der Waals surface area contributed by atoms with Gasteiger partial charge in [0.25, 0.3) is 5.56 Å². The molecule has 1 N–H and O–H groups in total. The summed E-state index contributed by atoms with van der Waals surface area (Å²) in [5, 5.41) is 3.38. The van der Waals surface area contributed by atoms with Crippen molar-refractivity contribution >= 4 is 27.5 Å². The van der Waals surface area contributed by atoms with Gasteiger partial charge in [0.15, 0.2) is 0 Å². The largest absolute Gasteiger partial charge is 0.383 e. The van der Waals surface area contributed by atoms with Gasteiger partial charge in [0.2, 0.25) is 5.91 Å². The van der Waals surface area contributed by atoms with Crippen molar-refractivity contribution < 1.29 is 9.53 Å². The van der Waals surface area contributed by atoms with Crippen LogP contribution in [0.5, 0.6) is 0 Å². The Balaban J connectivity index is 1.93. The Bertz CT molecular complexity index is 979. The molecular formula is C19H21N3O3S. The predicted molar refractivity (Wildman–Crippen MR) is 104 cm³/mol. The number of carbonyl (C=O) groups is 1. The molecule has 0 unspecified atom stereocenters. The zero-order valence-corrected chi connectivity index (χ0v) is 15.8. The number of fused-ring (bicyclic) bond motifs is 1. The third-order valence-electron chi connectivity index (χ3n) is 4.09. The molecule has 1 atom stereocenters. The van der Waals surface area contributed by atoms with Gasteiger partial charge in [-0.15, -0.1) is 11.3 Å². The molecule has 0 bridgehead atoms. The van der Waals surface area contributed by atoms with Crippen LogP contribution in [0.25, 0.3) is 20.7 Å². The summed E-state index contributed by atoms with van der Waals surface area (Å²) in [4.78, 5) is 31.1. The van der Waals surface area contributed by atoms with Gasteiger partial charge in [0.05, 0.1) is 18.3 Å². The topological polar surface area (TPSA) is 73.2 Å². The minimum Gasteiger partial charge on any atom is -0.383 e. The second-order valence-electron chi connectivity index (χ2n) is 6.20. The van der Waals surface area contributed by atoms with Crippen molar-refractivity contribution in [1.82, 2.24) is 14.9 Å². The summed E-state index contributed by atoms with van der Waals surface area (Å²) in [6.07, 6.45) is 1.44. The van der Waals surface area contributed by atoms with Crippen molar-refractivity contribution in [3.8, 4) is 10.4 Å². The Morgan fingerprint density at radius 2 is 2.08 bits per heavy atom. The van der Waals surface area contributed by atoms with Crippen LogP contribution in [-0.2, 0) is 16.1 Å². The highest BCUT2D eigenvalue weighted by Crippen LogP contribution is 2.35. The molecule has 7 heteroatoms. The van der Waals surface area contributed by atoms with Crippen molar-refractivity contribution in [2.45, 2.75) is 26.4 Å². The van der Waals surface area contributed by atoms with E-state index < -0.39 is 0 Å². The minimum absolute atomic E-state index is 0.0637. The van der Waals surface area contributed by atoms with Crippen LogP contribution in [0, 0.1) is 6.92 Å². The van der Waals surface area contributed by atoms with Crippen LogP contribution in [0.4, 0.5) is 0 Å². The van der Waals surface area contributed by atoms with E-state index >= 15 is 0 Å². The molecule has 1 aromatic carbocycles. The standard InChI is InChI=1S/C19H21N3O3S/c1-12(10-25-3)21-15(23)9-22-11-20-18-16(19(22)24)13(2)17(26-18)14-7-5-4-6-8-14/h4-8,11-12H,9-10H2,1-3H3,(H,21,23)/t12-/m1/s1. The number of amides is 1. The van der Waals surface area contributed by atoms with Crippen LogP contribution in [-0.4, -0.2) is 35.2 Å². The monoisotopic (exact) mass is 371 g/mol. The Hall–Kier alpha value is -2.51. The van der Waals surface area contributed by atoms with Gasteiger partial charge >= 0.3 is 0 Å². The summed E-state index contributed by atoms with van der Waals surface area (Å²) in [5.74, 6) is -0.242. The van der Waals surface area contributed by atoms with Gasteiger partial charge in [0, 0.05) is 18.0 Å². The lowest BCUT2D eigenvalue weighted by atomic mass is 10.1. The quantitative estimate of drug-likeness (QED) is 0.723. The number of nitrogens with one attached hydrogen (secondary N) is 1. The van der Waals surface area contributed by atoms with Gasteiger partial charge in [-0.2, -0.15) is 0 Å². The molecule has 0 saturated heterocycles. The molecule has 1 amide bonds. The lowest BCUT2D eigenvalue weighted by molar-refractivity contribution is -0.122. The Morgan fingerprint density at radius 1 is 1.35 bits per heavy atom. The highest BCUT2D eigenvalue weighted by molar-refractivity contribution is 7.22. The fourth-order valence-corrected chi connectivity index (χ4v) is 4.05. The molecule has 0 radical (unpaired) electrons. The van der Waals surface area contributed by atoms with Gasteiger partial charge in [-0.25, -0.2) is 4.98 Å². The Labute approximate surface area is 155 Å². The molecule has 136 valence electrons. The molecule has 0 fully saturated rings. The highest BCUT2D eigenvalue weighted by atomic mass is 32.1. The summed E-state index contributed by atoms with van der Waals surface area (Å²) >= 11 is 1.49. The number of hydrogen-bond acceptors (Lipinski definition) is 5. The highest BCUT2D eigenvalue weighted by Gasteiger charge is 2.17. The first kappa shape index (κ1) is 18.3. The second-order valence-corrected chi connectivity index (χ2v) is 7.20. The molecule has 26 heavy (non-hydrogen) atoms. The summed E-state index contributed by atoms with van der Waals surface area (Å²) in [6, 6.07) is 9.81. The smallest absolute Gasteiger partial charge is 0.262 e. The number of benzene rings is 1. The molecule has 0 spiro atoms. The maximum atomic E-state index is 12.9. The van der Waals surface area contributed by atoms with E-state index in [0.717, 1.165) is 16.0 Å². The van der Waals surface area contributed by atoms with Crippen molar-refractivity contribution in [3.05, 3.63) is 52.6 Å². The lowest BCUT2D eigenvalue weighted by Crippen LogP contribution is -2.39. The van der Waals surface area contributed by atoms with Gasteiger partial charge in [-0.05, 0) is 25.0 Å². The molecule has 0 aliphatic heterocycles. The normalized spacial score (nSPS) is 12.3. The van der Waals surface area contributed by atoms with Crippen LogP contribution in [0.15, 0.2) is 41.5 Å². The fraction of sp³-hybridized carbons (Fsp3) is 0.316. The number of thiophene rings is 1. The molecule has 2 heterocycles. The number of nitrogens with zero attached hydrogens (tertiary/aromatic N) is 2. The van der Waals surface area contributed by atoms with Crippen LogP contribution in [0.1, 0.15) is 12.5 Å². The second kappa shape index (κ2) is 7.80. The summed E-state index contributed by atoms with van der Waals surface area (Å²) < 4.78 is 6.36. The number of carbonyl (C=O) groups excluding carboxylic acids is 1. The molecular weight excluding hydrogens is 350 g/mol. The first-order chi connectivity index (χ1) is 12.5. The molecule has 0 aliphatic carbocycles. The van der Waals surface area contributed by atoms with Crippen molar-refractivity contribution in [1.29, 1.82) is 0 Å². The third-order valence-corrected chi connectivity index (χ3v) is 5.34. The number of aromatic nitrogens is 2. The van der Waals surface area contributed by atoms with E-state index in [-0.39, 0.29) is 24.1 Å². The number of rotatable bonds is 6. The van der Waals surface area contributed by atoms with E-state index in [1.54, 1.807) is 7.11 Å². The first-order valence-corrected chi connectivity index (χ1v) is 9.15. The van der Waals surface area contributed by atoms with E-state index in [1.807, 2.05) is 44.2 Å². The van der Waals surface area contributed by atoms with E-state index in [0.29, 0.717) is 16.8 Å². The molecule has 2 aromatic heterocycles. The van der Waals surface area contributed by atoms with Crippen LogP contribution in [0.2, 0.25) is 0 Å². The van der Waals surface area contributed by atoms with E-state index in [9.17, 15) is 9.59 Å². The van der Waals surface area contributed by atoms with Crippen LogP contribution < -0.4 is 10.9 Å². The van der Waals surface area contributed by atoms with Crippen LogP contribution >= 0.6 is 11.3 Å². The number of ether oxygens (including phenoxy) is 1. The number of aryl methyl sites for hydroxylation is 1. The van der Waals surface area contributed by atoms with Crippen LogP contribution in [0.3, 0.4) is 0 Å². The number of methoxy groups -OCH3 is 1. The maximum absolute atomic E-state index is 12.9. The fourth-order valence-electron chi connectivity index (χ4n) is 2.90. The van der Waals surface area contributed by atoms with Crippen molar-refractivity contribution in [2.75, 3.05) is 13.7 Å². The van der Waals surface area contributed by atoms with Crippen molar-refractivity contribution in [3.63, 3.8) is 0 Å². The van der Waals surface area contributed by atoms with Crippen molar-refractivity contribution in [2.24, 2.45) is 0 Å².